The zero-order chi connectivity index (χ0) is 14.1. The van der Waals surface area contributed by atoms with Crippen LogP contribution in [-0.2, 0) is 0 Å². The van der Waals surface area contributed by atoms with Gasteiger partial charge in [0.2, 0.25) is 0 Å². The average Bonchev–Trinajstić information content (AvgIpc) is 3.17. The normalized spacial score (nSPS) is 11.0. The molecule has 2 aromatic heterocycles. The number of benzene rings is 2. The molecule has 0 bridgehead atoms. The Balaban J connectivity index is 1.93. The summed E-state index contributed by atoms with van der Waals surface area (Å²) in [6, 6.07) is 23.0. The van der Waals surface area contributed by atoms with Gasteiger partial charge in [0, 0.05) is 0 Å². The van der Waals surface area contributed by atoms with Gasteiger partial charge in [0.05, 0.1) is 0 Å². The molecule has 3 heteroatoms. The van der Waals surface area contributed by atoms with Crippen LogP contribution in [-0.4, -0.2) is 15.0 Å². The number of hydrogen-bond donors (Lipinski definition) is 0. The molecular formula is C18H12OSSe. The minimum absolute atomic E-state index is 0.270. The molecule has 0 saturated heterocycles. The van der Waals surface area contributed by atoms with Gasteiger partial charge in [-0.25, -0.2) is 0 Å². The maximum absolute atomic E-state index is 6.15. The van der Waals surface area contributed by atoms with Gasteiger partial charge in [-0.05, 0) is 0 Å². The van der Waals surface area contributed by atoms with Crippen LogP contribution in [0.25, 0.3) is 22.3 Å². The zero-order valence-electron chi connectivity index (χ0n) is 11.2. The predicted octanol–water partition coefficient (Wildman–Crippen LogP) is 3.82. The van der Waals surface area contributed by atoms with Gasteiger partial charge in [0.25, 0.3) is 0 Å². The molecule has 0 atom stereocenters. The van der Waals surface area contributed by atoms with E-state index in [1.807, 2.05) is 23.5 Å². The molecule has 4 aromatic rings. The summed E-state index contributed by atoms with van der Waals surface area (Å²) in [5.41, 5.74) is 2.13. The van der Waals surface area contributed by atoms with Gasteiger partial charge in [-0.15, -0.1) is 0 Å². The van der Waals surface area contributed by atoms with Crippen molar-refractivity contribution < 1.29 is 4.42 Å². The van der Waals surface area contributed by atoms with Crippen LogP contribution < -0.4 is 8.24 Å². The monoisotopic (exact) mass is 356 g/mol. The van der Waals surface area contributed by atoms with Crippen molar-refractivity contribution in [2.24, 2.45) is 0 Å². The van der Waals surface area contributed by atoms with Gasteiger partial charge in [-0.1, -0.05) is 0 Å². The summed E-state index contributed by atoms with van der Waals surface area (Å²) >= 11 is 2.09. The second-order valence-electron chi connectivity index (χ2n) is 4.66. The quantitative estimate of drug-likeness (QED) is 0.509. The topological polar surface area (TPSA) is 13.1 Å². The van der Waals surface area contributed by atoms with Crippen molar-refractivity contribution in [3.63, 3.8) is 0 Å². The molecule has 2 aromatic carbocycles. The van der Waals surface area contributed by atoms with Gasteiger partial charge in [0.1, 0.15) is 0 Å². The Labute approximate surface area is 133 Å². The molecule has 0 aliphatic heterocycles. The predicted molar refractivity (Wildman–Crippen MR) is 91.0 cm³/mol. The van der Waals surface area contributed by atoms with Crippen LogP contribution in [0, 0.1) is 0 Å². The van der Waals surface area contributed by atoms with Gasteiger partial charge >= 0.3 is 133 Å². The molecule has 21 heavy (non-hydrogen) atoms. The van der Waals surface area contributed by atoms with Crippen molar-refractivity contribution in [1.82, 2.24) is 0 Å². The second kappa shape index (κ2) is 5.53. The van der Waals surface area contributed by atoms with Crippen LogP contribution >= 0.6 is 11.3 Å². The molecule has 1 nitrogen and oxygen atoms in total. The van der Waals surface area contributed by atoms with Gasteiger partial charge in [-0.2, -0.15) is 0 Å². The van der Waals surface area contributed by atoms with Crippen LogP contribution in [0.15, 0.2) is 76.5 Å². The summed E-state index contributed by atoms with van der Waals surface area (Å²) in [5, 5.41) is 3.38. The van der Waals surface area contributed by atoms with Crippen molar-refractivity contribution in [3.8, 4) is 11.3 Å². The summed E-state index contributed by atoms with van der Waals surface area (Å²) < 4.78 is 8.92. The third-order valence-electron chi connectivity index (χ3n) is 3.28. The SMILES string of the molecule is c1ccc(-c2oc3ccccc3c2[Se]c2cccs2)cc1. The van der Waals surface area contributed by atoms with E-state index in [2.05, 4.69) is 60.0 Å². The number of para-hydroxylation sites is 1. The molecule has 0 fully saturated rings. The Kier molecular flexibility index (Phi) is 3.40. The number of rotatable bonds is 3. The number of fused-ring (bicyclic) bond motifs is 1. The summed E-state index contributed by atoms with van der Waals surface area (Å²) in [5.74, 6) is 1.02. The third-order valence-corrected chi connectivity index (χ3v) is 6.97. The van der Waals surface area contributed by atoms with Crippen molar-refractivity contribution in [2.45, 2.75) is 0 Å². The van der Waals surface area contributed by atoms with E-state index in [1.165, 1.54) is 13.6 Å². The van der Waals surface area contributed by atoms with E-state index >= 15 is 0 Å². The molecule has 0 N–H and O–H groups in total. The molecule has 0 unspecified atom stereocenters. The Morgan fingerprint density at radius 1 is 0.810 bits per heavy atom. The van der Waals surface area contributed by atoms with E-state index in [1.54, 1.807) is 0 Å². The van der Waals surface area contributed by atoms with E-state index in [-0.39, 0.29) is 15.0 Å². The van der Waals surface area contributed by atoms with E-state index in [4.69, 9.17) is 4.42 Å². The Bertz CT molecular complexity index is 863. The maximum atomic E-state index is 6.15. The summed E-state index contributed by atoms with van der Waals surface area (Å²) in [4.78, 5) is 0. The third kappa shape index (κ3) is 2.44. The van der Waals surface area contributed by atoms with E-state index < -0.39 is 0 Å². The van der Waals surface area contributed by atoms with Crippen molar-refractivity contribution >= 4 is 45.5 Å². The average molecular weight is 355 g/mol. The van der Waals surface area contributed by atoms with Gasteiger partial charge in [0.15, 0.2) is 0 Å². The number of thiophene rings is 1. The summed E-state index contributed by atoms with van der Waals surface area (Å²) in [6.07, 6.45) is 0. The zero-order valence-corrected chi connectivity index (χ0v) is 13.7. The van der Waals surface area contributed by atoms with E-state index in [0.29, 0.717) is 0 Å². The van der Waals surface area contributed by atoms with Crippen molar-refractivity contribution in [1.29, 1.82) is 0 Å². The first-order valence-electron chi connectivity index (χ1n) is 6.70. The molecule has 0 saturated carbocycles. The van der Waals surface area contributed by atoms with Crippen LogP contribution in [0.5, 0.6) is 0 Å². The van der Waals surface area contributed by atoms with Crippen LogP contribution in [0.4, 0.5) is 0 Å². The Morgan fingerprint density at radius 3 is 2.43 bits per heavy atom. The first kappa shape index (κ1) is 12.9. The second-order valence-corrected chi connectivity index (χ2v) is 8.40. The molecule has 0 aliphatic carbocycles. The molecule has 0 amide bonds. The molecule has 4 rings (SSSR count). The molecule has 0 aliphatic rings. The first-order valence-corrected chi connectivity index (χ1v) is 9.29. The first-order chi connectivity index (χ1) is 10.4. The summed E-state index contributed by atoms with van der Waals surface area (Å²) in [6.45, 7) is 0. The fourth-order valence-electron chi connectivity index (χ4n) is 2.32. The summed E-state index contributed by atoms with van der Waals surface area (Å²) in [7, 11) is 0. The van der Waals surface area contributed by atoms with E-state index in [9.17, 15) is 0 Å². The molecule has 0 radical (unpaired) electrons. The number of hydrogen-bond acceptors (Lipinski definition) is 2. The molecule has 102 valence electrons. The standard InChI is InChI=1S/C18H12OSSe/c1-2-7-13(8-3-1)17-18(21-16-11-6-12-20-16)14-9-4-5-10-15(14)19-17/h1-12H. The molecule has 0 spiro atoms. The Morgan fingerprint density at radius 2 is 1.62 bits per heavy atom. The fourth-order valence-corrected chi connectivity index (χ4v) is 5.75. The van der Waals surface area contributed by atoms with Crippen molar-refractivity contribution in [2.75, 3.05) is 0 Å². The fraction of sp³-hybridized carbons (Fsp3) is 0. The van der Waals surface area contributed by atoms with Gasteiger partial charge < -0.3 is 0 Å². The minimum atomic E-state index is 0.270. The van der Waals surface area contributed by atoms with Crippen molar-refractivity contribution in [3.05, 3.63) is 72.1 Å². The van der Waals surface area contributed by atoms with Crippen LogP contribution in [0.3, 0.4) is 0 Å². The van der Waals surface area contributed by atoms with Crippen LogP contribution in [0.2, 0.25) is 0 Å². The van der Waals surface area contributed by atoms with Crippen LogP contribution in [0.1, 0.15) is 0 Å². The number of furan rings is 1. The molecule has 2 heterocycles. The Hall–Kier alpha value is -1.80. The van der Waals surface area contributed by atoms with E-state index in [0.717, 1.165) is 16.9 Å². The molecular weight excluding hydrogens is 343 g/mol. The van der Waals surface area contributed by atoms with Gasteiger partial charge in [-0.3, -0.25) is 0 Å².